The molecule has 1 unspecified atom stereocenters. The Hall–Kier alpha value is -1.10. The molecule has 5 nitrogen and oxygen atoms in total. The van der Waals surface area contributed by atoms with Gasteiger partial charge in [0.15, 0.2) is 0 Å². The predicted molar refractivity (Wildman–Crippen MR) is 88.2 cm³/mol. The molecule has 0 aromatic heterocycles. The van der Waals surface area contributed by atoms with Gasteiger partial charge in [0.25, 0.3) is 0 Å². The molecule has 1 aliphatic heterocycles. The molecule has 1 amide bonds. The fourth-order valence-corrected chi connectivity index (χ4v) is 4.35. The van der Waals surface area contributed by atoms with Crippen LogP contribution >= 0.6 is 0 Å². The number of carbonyl (C=O) groups excluding carboxylic acids is 1. The first-order chi connectivity index (χ1) is 11.1. The molecule has 2 saturated carbocycles. The Morgan fingerprint density at radius 1 is 0.913 bits per heavy atom. The van der Waals surface area contributed by atoms with Crippen molar-refractivity contribution in [2.75, 3.05) is 19.6 Å². The van der Waals surface area contributed by atoms with Gasteiger partial charge in [0.1, 0.15) is 0 Å². The average molecular weight is 322 g/mol. The lowest BCUT2D eigenvalue weighted by Gasteiger charge is -2.31. The van der Waals surface area contributed by atoms with Crippen molar-refractivity contribution in [2.45, 2.75) is 76.3 Å². The number of aliphatic carboxylic acids is 1. The van der Waals surface area contributed by atoms with Crippen LogP contribution in [0.1, 0.15) is 64.2 Å². The van der Waals surface area contributed by atoms with Crippen molar-refractivity contribution < 1.29 is 14.7 Å². The van der Waals surface area contributed by atoms with Gasteiger partial charge in [0.2, 0.25) is 5.91 Å². The highest BCUT2D eigenvalue weighted by Crippen LogP contribution is 2.34. The van der Waals surface area contributed by atoms with Crippen LogP contribution in [0.25, 0.3) is 0 Å². The number of amides is 1. The SMILES string of the molecule is O=C(O)CC1CCCN(CC(=O)N(C2CCCC2)C2CC2)CC1. The molecule has 3 fully saturated rings. The minimum Gasteiger partial charge on any atom is -0.481 e. The van der Waals surface area contributed by atoms with Gasteiger partial charge < -0.3 is 10.0 Å². The van der Waals surface area contributed by atoms with Crippen molar-refractivity contribution in [2.24, 2.45) is 5.92 Å². The highest BCUT2D eigenvalue weighted by atomic mass is 16.4. The summed E-state index contributed by atoms with van der Waals surface area (Å²) in [6.07, 6.45) is 10.4. The van der Waals surface area contributed by atoms with E-state index in [0.29, 0.717) is 24.5 Å². The molecule has 5 heteroatoms. The van der Waals surface area contributed by atoms with Gasteiger partial charge >= 0.3 is 5.97 Å². The molecular formula is C18H30N2O3. The summed E-state index contributed by atoms with van der Waals surface area (Å²) in [7, 11) is 0. The largest absolute Gasteiger partial charge is 0.481 e. The van der Waals surface area contributed by atoms with E-state index in [1.807, 2.05) is 0 Å². The molecule has 2 aliphatic carbocycles. The van der Waals surface area contributed by atoms with Gasteiger partial charge in [0, 0.05) is 18.5 Å². The Balaban J connectivity index is 1.51. The molecule has 3 rings (SSSR count). The molecular weight excluding hydrogens is 292 g/mol. The number of hydrogen-bond donors (Lipinski definition) is 1. The number of carboxylic acid groups (broad SMARTS) is 1. The van der Waals surface area contributed by atoms with Crippen LogP contribution in [0, 0.1) is 5.92 Å². The van der Waals surface area contributed by atoms with Crippen molar-refractivity contribution in [1.29, 1.82) is 0 Å². The van der Waals surface area contributed by atoms with Crippen molar-refractivity contribution in [3.05, 3.63) is 0 Å². The Bertz CT molecular complexity index is 430. The fraction of sp³-hybridized carbons (Fsp3) is 0.889. The zero-order valence-electron chi connectivity index (χ0n) is 14.1. The number of carbonyl (C=O) groups is 2. The number of likely N-dealkylation sites (tertiary alicyclic amines) is 1. The van der Waals surface area contributed by atoms with Crippen molar-refractivity contribution in [3.63, 3.8) is 0 Å². The summed E-state index contributed by atoms with van der Waals surface area (Å²) in [5.74, 6) is -0.0984. The van der Waals surface area contributed by atoms with E-state index < -0.39 is 5.97 Å². The summed E-state index contributed by atoms with van der Waals surface area (Å²) >= 11 is 0. The summed E-state index contributed by atoms with van der Waals surface area (Å²) in [5, 5.41) is 8.96. The first-order valence-corrected chi connectivity index (χ1v) is 9.39. The third-order valence-electron chi connectivity index (χ3n) is 5.71. The Labute approximate surface area is 139 Å². The van der Waals surface area contributed by atoms with Crippen LogP contribution in [0.3, 0.4) is 0 Å². The van der Waals surface area contributed by atoms with Crippen LogP contribution in [-0.4, -0.2) is 58.5 Å². The van der Waals surface area contributed by atoms with E-state index in [-0.39, 0.29) is 12.3 Å². The summed E-state index contributed by atoms with van der Waals surface area (Å²) in [4.78, 5) is 28.2. The minimum absolute atomic E-state index is 0.276. The van der Waals surface area contributed by atoms with E-state index in [2.05, 4.69) is 9.80 Å². The topological polar surface area (TPSA) is 60.9 Å². The quantitative estimate of drug-likeness (QED) is 0.816. The highest BCUT2D eigenvalue weighted by molar-refractivity contribution is 5.79. The first-order valence-electron chi connectivity index (χ1n) is 9.39. The predicted octanol–water partition coefficient (Wildman–Crippen LogP) is 2.50. The van der Waals surface area contributed by atoms with Crippen LogP contribution in [0.2, 0.25) is 0 Å². The van der Waals surface area contributed by atoms with Crippen LogP contribution in [0.15, 0.2) is 0 Å². The molecule has 0 radical (unpaired) electrons. The lowest BCUT2D eigenvalue weighted by atomic mass is 9.97. The van der Waals surface area contributed by atoms with Crippen molar-refractivity contribution >= 4 is 11.9 Å². The second-order valence-electron chi connectivity index (χ2n) is 7.64. The standard InChI is InChI=1S/C18H30N2O3/c21-17(20(16-7-8-16)15-5-1-2-6-15)13-19-10-3-4-14(9-11-19)12-18(22)23/h14-16H,1-13H2,(H,22,23). The van der Waals surface area contributed by atoms with Crippen LogP contribution in [0.4, 0.5) is 0 Å². The Morgan fingerprint density at radius 3 is 2.26 bits per heavy atom. The maximum absolute atomic E-state index is 12.8. The van der Waals surface area contributed by atoms with Gasteiger partial charge in [-0.05, 0) is 64.0 Å². The lowest BCUT2D eigenvalue weighted by molar-refractivity contribution is -0.138. The number of hydrogen-bond acceptors (Lipinski definition) is 3. The zero-order valence-corrected chi connectivity index (χ0v) is 14.1. The van der Waals surface area contributed by atoms with E-state index in [0.717, 1.165) is 32.4 Å². The molecule has 1 heterocycles. The molecule has 130 valence electrons. The molecule has 0 aromatic carbocycles. The summed E-state index contributed by atoms with van der Waals surface area (Å²) in [6.45, 7) is 2.34. The molecule has 3 aliphatic rings. The summed E-state index contributed by atoms with van der Waals surface area (Å²) in [5.41, 5.74) is 0. The summed E-state index contributed by atoms with van der Waals surface area (Å²) < 4.78 is 0. The maximum atomic E-state index is 12.8. The smallest absolute Gasteiger partial charge is 0.303 e. The molecule has 1 saturated heterocycles. The second kappa shape index (κ2) is 7.65. The van der Waals surface area contributed by atoms with E-state index >= 15 is 0 Å². The number of rotatable bonds is 6. The van der Waals surface area contributed by atoms with E-state index in [1.165, 1.54) is 38.5 Å². The van der Waals surface area contributed by atoms with E-state index in [1.54, 1.807) is 0 Å². The molecule has 0 bridgehead atoms. The van der Waals surface area contributed by atoms with Gasteiger partial charge in [-0.3, -0.25) is 14.5 Å². The minimum atomic E-state index is -0.694. The summed E-state index contributed by atoms with van der Waals surface area (Å²) in [6, 6.07) is 0.999. The monoisotopic (exact) mass is 322 g/mol. The Morgan fingerprint density at radius 2 is 1.61 bits per heavy atom. The number of carboxylic acids is 1. The van der Waals surface area contributed by atoms with Gasteiger partial charge in [-0.2, -0.15) is 0 Å². The van der Waals surface area contributed by atoms with E-state index in [9.17, 15) is 9.59 Å². The lowest BCUT2D eigenvalue weighted by Crippen LogP contribution is -2.46. The molecule has 1 atom stereocenters. The van der Waals surface area contributed by atoms with Gasteiger partial charge in [-0.25, -0.2) is 0 Å². The molecule has 0 spiro atoms. The van der Waals surface area contributed by atoms with Crippen molar-refractivity contribution in [1.82, 2.24) is 9.80 Å². The average Bonchev–Trinajstić information content (AvgIpc) is 3.22. The normalized spacial score (nSPS) is 26.9. The van der Waals surface area contributed by atoms with Gasteiger partial charge in [-0.1, -0.05) is 12.8 Å². The zero-order chi connectivity index (χ0) is 16.2. The maximum Gasteiger partial charge on any atom is 0.303 e. The Kier molecular flexibility index (Phi) is 5.57. The third kappa shape index (κ3) is 4.69. The molecule has 23 heavy (non-hydrogen) atoms. The van der Waals surface area contributed by atoms with Crippen LogP contribution in [0.5, 0.6) is 0 Å². The van der Waals surface area contributed by atoms with Crippen LogP contribution < -0.4 is 0 Å². The van der Waals surface area contributed by atoms with Gasteiger partial charge in [0.05, 0.1) is 6.54 Å². The van der Waals surface area contributed by atoms with Crippen LogP contribution in [-0.2, 0) is 9.59 Å². The second-order valence-corrected chi connectivity index (χ2v) is 7.64. The first kappa shape index (κ1) is 16.7. The number of nitrogens with zero attached hydrogens (tertiary/aromatic N) is 2. The van der Waals surface area contributed by atoms with Crippen molar-refractivity contribution in [3.8, 4) is 0 Å². The van der Waals surface area contributed by atoms with Gasteiger partial charge in [-0.15, -0.1) is 0 Å². The molecule has 0 aromatic rings. The fourth-order valence-electron chi connectivity index (χ4n) is 4.35. The highest BCUT2D eigenvalue weighted by Gasteiger charge is 2.38. The van der Waals surface area contributed by atoms with E-state index in [4.69, 9.17) is 5.11 Å². The third-order valence-corrected chi connectivity index (χ3v) is 5.71. The molecule has 1 N–H and O–H groups in total.